The van der Waals surface area contributed by atoms with E-state index >= 15 is 0 Å². The zero-order valence-corrected chi connectivity index (χ0v) is 15.9. The smallest absolute Gasteiger partial charge is 0.263 e. The molecule has 1 aliphatic rings. The third-order valence-electron chi connectivity index (χ3n) is 4.86. The molecule has 0 aliphatic carbocycles. The number of nitrogens with one attached hydrogen (secondary N) is 1. The van der Waals surface area contributed by atoms with E-state index in [-0.39, 0.29) is 11.9 Å². The van der Waals surface area contributed by atoms with Crippen LogP contribution in [0.1, 0.15) is 21.3 Å². The average Bonchev–Trinajstić information content (AvgIpc) is 3.41. The lowest BCUT2D eigenvalue weighted by Crippen LogP contribution is -2.43. The molecule has 1 amide bonds. The first-order chi connectivity index (χ1) is 13.3. The summed E-state index contributed by atoms with van der Waals surface area (Å²) in [4.78, 5) is 16.0. The molecular weight excluding hydrogens is 358 g/mol. The number of nitrogens with zero attached hydrogens (tertiary/aromatic N) is 2. The van der Waals surface area contributed by atoms with Crippen LogP contribution < -0.4 is 5.32 Å². The van der Waals surface area contributed by atoms with Gasteiger partial charge < -0.3 is 14.6 Å². The van der Waals surface area contributed by atoms with Gasteiger partial charge in [-0.3, -0.25) is 9.69 Å². The molecule has 3 heterocycles. The zero-order chi connectivity index (χ0) is 18.5. The summed E-state index contributed by atoms with van der Waals surface area (Å²) in [7, 11) is 0. The third kappa shape index (κ3) is 4.13. The molecule has 0 radical (unpaired) electrons. The molecule has 4 rings (SSSR count). The number of ether oxygens (including phenoxy) is 1. The van der Waals surface area contributed by atoms with Crippen molar-refractivity contribution >= 4 is 17.2 Å². The third-order valence-corrected chi connectivity index (χ3v) is 5.76. The van der Waals surface area contributed by atoms with Gasteiger partial charge in [0.2, 0.25) is 0 Å². The summed E-state index contributed by atoms with van der Waals surface area (Å²) >= 11 is 1.47. The van der Waals surface area contributed by atoms with Gasteiger partial charge in [-0.2, -0.15) is 0 Å². The van der Waals surface area contributed by atoms with E-state index in [1.165, 1.54) is 16.9 Å². The Morgan fingerprint density at radius 1 is 1.07 bits per heavy atom. The molecule has 1 fully saturated rings. The second-order valence-electron chi connectivity index (χ2n) is 6.51. The van der Waals surface area contributed by atoms with Gasteiger partial charge in [0, 0.05) is 32.0 Å². The van der Waals surface area contributed by atoms with E-state index in [9.17, 15) is 4.79 Å². The van der Waals surface area contributed by atoms with Gasteiger partial charge in [0.15, 0.2) is 0 Å². The van der Waals surface area contributed by atoms with Crippen molar-refractivity contribution in [3.63, 3.8) is 0 Å². The Hall–Kier alpha value is -2.41. The lowest BCUT2D eigenvalue weighted by Gasteiger charge is -2.34. The first kappa shape index (κ1) is 18.0. The SMILES string of the molecule is O=C(NC[C@@H](c1ccccc1)N1CCOCC1)c1sccc1-n1cccc1. The highest BCUT2D eigenvalue weighted by Gasteiger charge is 2.24. The van der Waals surface area contributed by atoms with Crippen molar-refractivity contribution in [2.75, 3.05) is 32.8 Å². The molecule has 2 aromatic heterocycles. The van der Waals surface area contributed by atoms with Crippen molar-refractivity contribution in [2.24, 2.45) is 0 Å². The summed E-state index contributed by atoms with van der Waals surface area (Å²) in [6.07, 6.45) is 3.92. The van der Waals surface area contributed by atoms with Crippen molar-refractivity contribution in [2.45, 2.75) is 6.04 Å². The molecule has 140 valence electrons. The quantitative estimate of drug-likeness (QED) is 0.712. The summed E-state index contributed by atoms with van der Waals surface area (Å²) in [6.45, 7) is 3.80. The number of hydrogen-bond donors (Lipinski definition) is 1. The molecule has 1 aromatic carbocycles. The Morgan fingerprint density at radius 3 is 2.56 bits per heavy atom. The van der Waals surface area contributed by atoms with Gasteiger partial charge >= 0.3 is 0 Å². The number of rotatable bonds is 6. The maximum Gasteiger partial charge on any atom is 0.263 e. The fourth-order valence-corrected chi connectivity index (χ4v) is 4.27. The minimum Gasteiger partial charge on any atom is -0.379 e. The van der Waals surface area contributed by atoms with Crippen LogP contribution >= 0.6 is 11.3 Å². The number of carbonyl (C=O) groups excluding carboxylic acids is 1. The molecule has 3 aromatic rings. The van der Waals surface area contributed by atoms with Gasteiger partial charge in [-0.05, 0) is 29.1 Å². The molecule has 0 bridgehead atoms. The van der Waals surface area contributed by atoms with Crippen LogP contribution in [0.5, 0.6) is 0 Å². The maximum absolute atomic E-state index is 12.9. The van der Waals surface area contributed by atoms with Crippen molar-refractivity contribution in [1.82, 2.24) is 14.8 Å². The topological polar surface area (TPSA) is 46.5 Å². The van der Waals surface area contributed by atoms with Crippen LogP contribution in [0.15, 0.2) is 66.3 Å². The predicted molar refractivity (Wildman–Crippen MR) is 108 cm³/mol. The van der Waals surface area contributed by atoms with E-state index in [2.05, 4.69) is 22.3 Å². The van der Waals surface area contributed by atoms with Gasteiger partial charge in [0.05, 0.1) is 24.9 Å². The summed E-state index contributed by atoms with van der Waals surface area (Å²) in [5, 5.41) is 5.12. The number of benzene rings is 1. The lowest BCUT2D eigenvalue weighted by atomic mass is 10.0. The van der Waals surface area contributed by atoms with Crippen molar-refractivity contribution in [3.8, 4) is 5.69 Å². The van der Waals surface area contributed by atoms with E-state index < -0.39 is 0 Å². The predicted octanol–water partition coefficient (Wildman–Crippen LogP) is 3.34. The number of morpholine rings is 1. The summed E-state index contributed by atoms with van der Waals surface area (Å²) in [6, 6.07) is 16.4. The first-order valence-corrected chi connectivity index (χ1v) is 10.1. The van der Waals surface area contributed by atoms with E-state index in [1.807, 2.05) is 58.7 Å². The molecule has 1 aliphatic heterocycles. The van der Waals surface area contributed by atoms with E-state index in [0.29, 0.717) is 6.54 Å². The van der Waals surface area contributed by atoms with Gasteiger partial charge in [0.1, 0.15) is 4.88 Å². The van der Waals surface area contributed by atoms with Crippen LogP contribution in [0.2, 0.25) is 0 Å². The Kier molecular flexibility index (Phi) is 5.67. The Bertz CT molecular complexity index is 855. The fraction of sp³-hybridized carbons (Fsp3) is 0.286. The molecule has 0 spiro atoms. The molecule has 1 saturated heterocycles. The van der Waals surface area contributed by atoms with Crippen LogP contribution in [0, 0.1) is 0 Å². The normalized spacial score (nSPS) is 16.1. The second-order valence-corrected chi connectivity index (χ2v) is 7.43. The van der Waals surface area contributed by atoms with Gasteiger partial charge in [-0.1, -0.05) is 30.3 Å². The standard InChI is InChI=1S/C21H23N3O2S/c25-21(20-18(8-15-27-20)23-9-4-5-10-23)22-16-19(17-6-2-1-3-7-17)24-11-13-26-14-12-24/h1-10,15,19H,11-14,16H2,(H,22,25)/t19-/m0/s1. The maximum atomic E-state index is 12.9. The zero-order valence-electron chi connectivity index (χ0n) is 15.1. The summed E-state index contributed by atoms with van der Waals surface area (Å²) in [5.41, 5.74) is 2.14. The monoisotopic (exact) mass is 381 g/mol. The van der Waals surface area contributed by atoms with Crippen LogP contribution in [-0.4, -0.2) is 48.2 Å². The molecule has 5 nitrogen and oxygen atoms in total. The number of amides is 1. The average molecular weight is 382 g/mol. The van der Waals surface area contributed by atoms with E-state index in [1.54, 1.807) is 0 Å². The van der Waals surface area contributed by atoms with Crippen LogP contribution in [-0.2, 0) is 4.74 Å². The lowest BCUT2D eigenvalue weighted by molar-refractivity contribution is 0.0162. The van der Waals surface area contributed by atoms with Gasteiger partial charge in [-0.15, -0.1) is 11.3 Å². The minimum atomic E-state index is -0.0251. The molecule has 1 N–H and O–H groups in total. The summed E-state index contributed by atoms with van der Waals surface area (Å²) in [5.74, 6) is -0.0251. The number of carbonyl (C=O) groups is 1. The van der Waals surface area contributed by atoms with Crippen molar-refractivity contribution < 1.29 is 9.53 Å². The number of thiophene rings is 1. The number of hydrogen-bond acceptors (Lipinski definition) is 4. The second kappa shape index (κ2) is 8.52. The minimum absolute atomic E-state index is 0.0251. The molecule has 27 heavy (non-hydrogen) atoms. The Balaban J connectivity index is 1.49. The highest BCUT2D eigenvalue weighted by Crippen LogP contribution is 2.23. The van der Waals surface area contributed by atoms with Gasteiger partial charge in [0.25, 0.3) is 5.91 Å². The van der Waals surface area contributed by atoms with Crippen LogP contribution in [0.3, 0.4) is 0 Å². The number of aromatic nitrogens is 1. The summed E-state index contributed by atoms with van der Waals surface area (Å²) < 4.78 is 7.47. The van der Waals surface area contributed by atoms with Gasteiger partial charge in [-0.25, -0.2) is 0 Å². The first-order valence-electron chi connectivity index (χ1n) is 9.19. The van der Waals surface area contributed by atoms with Crippen molar-refractivity contribution in [3.05, 3.63) is 76.7 Å². The molecule has 0 unspecified atom stereocenters. The Labute approximate surface area is 163 Å². The highest BCUT2D eigenvalue weighted by molar-refractivity contribution is 7.12. The molecular formula is C21H23N3O2S. The molecule has 1 atom stereocenters. The van der Waals surface area contributed by atoms with Crippen molar-refractivity contribution in [1.29, 1.82) is 0 Å². The fourth-order valence-electron chi connectivity index (χ4n) is 3.46. The van der Waals surface area contributed by atoms with Crippen LogP contribution in [0.25, 0.3) is 5.69 Å². The molecule has 6 heteroatoms. The van der Waals surface area contributed by atoms with E-state index in [4.69, 9.17) is 4.74 Å². The van der Waals surface area contributed by atoms with E-state index in [0.717, 1.165) is 36.9 Å². The largest absolute Gasteiger partial charge is 0.379 e. The van der Waals surface area contributed by atoms with Crippen LogP contribution in [0.4, 0.5) is 0 Å². The highest BCUT2D eigenvalue weighted by atomic mass is 32.1. The molecule has 0 saturated carbocycles. The Morgan fingerprint density at radius 2 is 1.81 bits per heavy atom.